The molecule has 1 aliphatic heterocycles. The Kier molecular flexibility index (Phi) is 3.13. The van der Waals surface area contributed by atoms with Gasteiger partial charge < -0.3 is 9.39 Å². The normalized spacial score (nSPS) is 40.4. The SMILES string of the molecule is [B]OC[C@@H]1C[C@H](F)C(Br)O1. The smallest absolute Gasteiger partial charge is 0.282 e. The summed E-state index contributed by atoms with van der Waals surface area (Å²) in [4.78, 5) is 0. The van der Waals surface area contributed by atoms with E-state index in [1.807, 2.05) is 0 Å². The lowest BCUT2D eigenvalue weighted by molar-refractivity contribution is 0.0543. The molecule has 1 heterocycles. The molecule has 2 radical (unpaired) electrons. The van der Waals surface area contributed by atoms with E-state index in [4.69, 9.17) is 12.8 Å². The summed E-state index contributed by atoms with van der Waals surface area (Å²) in [5.41, 5.74) is 0. The van der Waals surface area contributed by atoms with E-state index in [0.717, 1.165) is 0 Å². The Morgan fingerprint density at radius 2 is 2.50 bits per heavy atom. The Balaban J connectivity index is 2.27. The summed E-state index contributed by atoms with van der Waals surface area (Å²) < 4.78 is 22.0. The highest BCUT2D eigenvalue weighted by Gasteiger charge is 2.32. The van der Waals surface area contributed by atoms with E-state index in [2.05, 4.69) is 20.6 Å². The van der Waals surface area contributed by atoms with Gasteiger partial charge in [-0.15, -0.1) is 0 Å². The minimum atomic E-state index is -0.944. The van der Waals surface area contributed by atoms with Crippen LogP contribution in [0.15, 0.2) is 0 Å². The van der Waals surface area contributed by atoms with Crippen LogP contribution in [0.1, 0.15) is 6.42 Å². The summed E-state index contributed by atoms with van der Waals surface area (Å²) in [6, 6.07) is 0. The van der Waals surface area contributed by atoms with Gasteiger partial charge in [0.15, 0.2) is 0 Å². The Hall–Kier alpha value is 0.395. The summed E-state index contributed by atoms with van der Waals surface area (Å²) in [5, 5.41) is -0.493. The Morgan fingerprint density at radius 3 is 2.90 bits per heavy atom. The van der Waals surface area contributed by atoms with Crippen LogP contribution in [-0.2, 0) is 9.39 Å². The van der Waals surface area contributed by atoms with Crippen molar-refractivity contribution >= 4 is 24.0 Å². The summed E-state index contributed by atoms with van der Waals surface area (Å²) >= 11 is 3.02. The van der Waals surface area contributed by atoms with E-state index < -0.39 is 11.2 Å². The fourth-order valence-corrected chi connectivity index (χ4v) is 1.42. The van der Waals surface area contributed by atoms with Crippen molar-refractivity contribution in [2.75, 3.05) is 6.61 Å². The molecule has 1 fully saturated rings. The van der Waals surface area contributed by atoms with Crippen molar-refractivity contribution in [2.24, 2.45) is 0 Å². The standard InChI is InChI=1S/C5H7BBrFO2/c6-9-2-3-1-4(8)5(7)10-3/h3-5H,1-2H2/t3-,4-,5?/m0/s1. The van der Waals surface area contributed by atoms with E-state index in [-0.39, 0.29) is 12.7 Å². The van der Waals surface area contributed by atoms with Crippen molar-refractivity contribution in [3.05, 3.63) is 0 Å². The lowest BCUT2D eigenvalue weighted by Crippen LogP contribution is -2.13. The number of hydrogen-bond donors (Lipinski definition) is 0. The number of hydrogen-bond acceptors (Lipinski definition) is 2. The van der Waals surface area contributed by atoms with Gasteiger partial charge in [0, 0.05) is 6.42 Å². The molecule has 0 aliphatic carbocycles. The van der Waals surface area contributed by atoms with E-state index in [9.17, 15) is 4.39 Å². The van der Waals surface area contributed by atoms with Gasteiger partial charge in [0.1, 0.15) is 11.2 Å². The monoisotopic (exact) mass is 208 g/mol. The molecule has 1 aliphatic rings. The van der Waals surface area contributed by atoms with Crippen molar-refractivity contribution in [1.29, 1.82) is 0 Å². The van der Waals surface area contributed by atoms with Crippen LogP contribution >= 0.6 is 15.9 Å². The number of rotatable bonds is 2. The van der Waals surface area contributed by atoms with Crippen LogP contribution in [0, 0.1) is 0 Å². The topological polar surface area (TPSA) is 18.5 Å². The third kappa shape index (κ3) is 1.94. The molecule has 1 unspecified atom stereocenters. The number of halogens is 2. The third-order valence-electron chi connectivity index (χ3n) is 1.38. The molecule has 1 rings (SSSR count). The molecule has 0 aromatic rings. The van der Waals surface area contributed by atoms with Crippen LogP contribution in [0.4, 0.5) is 4.39 Å². The molecule has 2 nitrogen and oxygen atoms in total. The van der Waals surface area contributed by atoms with Crippen molar-refractivity contribution < 1.29 is 13.8 Å². The molecule has 0 bridgehead atoms. The first kappa shape index (κ1) is 8.49. The number of ether oxygens (including phenoxy) is 1. The van der Waals surface area contributed by atoms with Crippen molar-refractivity contribution in [1.82, 2.24) is 0 Å². The zero-order valence-corrected chi connectivity index (χ0v) is 6.88. The maximum absolute atomic E-state index is 12.6. The van der Waals surface area contributed by atoms with Gasteiger partial charge in [-0.25, -0.2) is 4.39 Å². The maximum Gasteiger partial charge on any atom is 0.282 e. The van der Waals surface area contributed by atoms with Crippen LogP contribution in [0.5, 0.6) is 0 Å². The predicted molar refractivity (Wildman–Crippen MR) is 38.8 cm³/mol. The fourth-order valence-electron chi connectivity index (χ4n) is 0.897. The Labute approximate surface area is 68.6 Å². The lowest BCUT2D eigenvalue weighted by Gasteiger charge is -2.07. The van der Waals surface area contributed by atoms with Gasteiger partial charge >= 0.3 is 0 Å². The summed E-state index contributed by atoms with van der Waals surface area (Å²) in [7, 11) is 4.78. The van der Waals surface area contributed by atoms with Gasteiger partial charge in [-0.3, -0.25) is 0 Å². The molecule has 0 aromatic carbocycles. The zero-order chi connectivity index (χ0) is 7.56. The highest BCUT2D eigenvalue weighted by molar-refractivity contribution is 9.09. The molecular weight excluding hydrogens is 202 g/mol. The van der Waals surface area contributed by atoms with E-state index in [1.165, 1.54) is 0 Å². The summed E-state index contributed by atoms with van der Waals surface area (Å²) in [5.74, 6) is 0. The summed E-state index contributed by atoms with van der Waals surface area (Å²) in [6.07, 6.45) is -0.794. The highest BCUT2D eigenvalue weighted by atomic mass is 79.9. The average molecular weight is 209 g/mol. The maximum atomic E-state index is 12.6. The molecule has 1 saturated heterocycles. The van der Waals surface area contributed by atoms with Crippen molar-refractivity contribution in [3.63, 3.8) is 0 Å². The van der Waals surface area contributed by atoms with Gasteiger partial charge in [-0.05, 0) is 0 Å². The molecule has 5 heteroatoms. The molecule has 0 spiro atoms. The van der Waals surface area contributed by atoms with E-state index in [1.54, 1.807) is 0 Å². The Morgan fingerprint density at radius 1 is 1.80 bits per heavy atom. The second kappa shape index (κ2) is 3.69. The summed E-state index contributed by atoms with van der Waals surface area (Å²) in [6.45, 7) is 0.252. The number of alkyl halides is 2. The van der Waals surface area contributed by atoms with Gasteiger partial charge in [-0.1, -0.05) is 15.9 Å². The van der Waals surface area contributed by atoms with Gasteiger partial charge in [0.2, 0.25) is 0 Å². The molecule has 0 saturated carbocycles. The first-order chi connectivity index (χ1) is 4.74. The largest absolute Gasteiger partial charge is 0.445 e. The van der Waals surface area contributed by atoms with Gasteiger partial charge in [-0.2, -0.15) is 0 Å². The van der Waals surface area contributed by atoms with Crippen LogP contribution in [0.3, 0.4) is 0 Å². The van der Waals surface area contributed by atoms with Gasteiger partial charge in [0.05, 0.1) is 12.7 Å². The first-order valence-corrected chi connectivity index (χ1v) is 3.91. The second-order valence-corrected chi connectivity index (χ2v) is 3.10. The van der Waals surface area contributed by atoms with Crippen LogP contribution in [-0.4, -0.2) is 31.9 Å². The van der Waals surface area contributed by atoms with Crippen molar-refractivity contribution in [3.8, 4) is 0 Å². The van der Waals surface area contributed by atoms with E-state index >= 15 is 0 Å². The van der Waals surface area contributed by atoms with Gasteiger partial charge in [0.25, 0.3) is 8.05 Å². The zero-order valence-electron chi connectivity index (χ0n) is 5.30. The fraction of sp³-hybridized carbons (Fsp3) is 1.00. The minimum Gasteiger partial charge on any atom is -0.445 e. The van der Waals surface area contributed by atoms with Crippen LogP contribution in [0.2, 0.25) is 0 Å². The van der Waals surface area contributed by atoms with Crippen molar-refractivity contribution in [2.45, 2.75) is 23.7 Å². The predicted octanol–water partition coefficient (Wildman–Crippen LogP) is 0.934. The molecule has 0 amide bonds. The third-order valence-corrected chi connectivity index (χ3v) is 2.17. The first-order valence-electron chi connectivity index (χ1n) is 2.99. The van der Waals surface area contributed by atoms with Crippen LogP contribution in [0.25, 0.3) is 0 Å². The second-order valence-electron chi connectivity index (χ2n) is 2.19. The quantitative estimate of drug-likeness (QED) is 0.497. The highest BCUT2D eigenvalue weighted by Crippen LogP contribution is 2.26. The lowest BCUT2D eigenvalue weighted by atomic mass is 10.2. The molecule has 0 aromatic heterocycles. The Bertz CT molecular complexity index is 106. The molecule has 10 heavy (non-hydrogen) atoms. The van der Waals surface area contributed by atoms with E-state index in [0.29, 0.717) is 6.42 Å². The molecule has 56 valence electrons. The molecule has 0 N–H and O–H groups in total. The molecular formula is C5H7BBrFO2. The molecule has 3 atom stereocenters. The minimum absolute atomic E-state index is 0.204. The van der Waals surface area contributed by atoms with Crippen LogP contribution < -0.4 is 0 Å². The average Bonchev–Trinajstić information content (AvgIpc) is 2.14.